The van der Waals surface area contributed by atoms with Gasteiger partial charge in [0.1, 0.15) is 0 Å². The number of hydrogen-bond acceptors (Lipinski definition) is 5. The van der Waals surface area contributed by atoms with E-state index in [1.807, 2.05) is 19.1 Å². The lowest BCUT2D eigenvalue weighted by atomic mass is 9.57. The molecule has 0 amide bonds. The number of nitrogens with zero attached hydrogens (tertiary/aromatic N) is 2. The average Bonchev–Trinajstić information content (AvgIpc) is 2.54. The lowest BCUT2D eigenvalue weighted by Gasteiger charge is -2.52. The van der Waals surface area contributed by atoms with Gasteiger partial charge in [-0.2, -0.15) is 0 Å². The van der Waals surface area contributed by atoms with E-state index in [9.17, 15) is 14.9 Å². The maximum atomic E-state index is 11.6. The highest BCUT2D eigenvalue weighted by atomic mass is 16.6. The molecule has 0 atom stereocenters. The quantitative estimate of drug-likeness (QED) is 0.468. The van der Waals surface area contributed by atoms with E-state index in [0.717, 1.165) is 44.5 Å². The number of nitro groups is 1. The summed E-state index contributed by atoms with van der Waals surface area (Å²) in [7, 11) is 0. The van der Waals surface area contributed by atoms with Crippen molar-refractivity contribution in [2.75, 3.05) is 24.6 Å². The van der Waals surface area contributed by atoms with Crippen LogP contribution in [-0.2, 0) is 9.53 Å². The lowest BCUT2D eigenvalue weighted by Crippen LogP contribution is -2.47. The molecule has 2 fully saturated rings. The van der Waals surface area contributed by atoms with Crippen molar-refractivity contribution in [1.82, 2.24) is 0 Å². The Morgan fingerprint density at radius 3 is 2.46 bits per heavy atom. The SMILES string of the molecule is CCOC(=O)CC1CC2(CCN(c3ccc([N+](=O)[O-])cc3)CC2)C1. The second kappa shape index (κ2) is 6.79. The summed E-state index contributed by atoms with van der Waals surface area (Å²) < 4.78 is 5.03. The first-order valence-electron chi connectivity index (χ1n) is 8.66. The van der Waals surface area contributed by atoms with E-state index in [1.165, 1.54) is 0 Å². The van der Waals surface area contributed by atoms with Crippen molar-refractivity contribution in [2.45, 2.75) is 39.0 Å². The molecule has 1 saturated heterocycles. The van der Waals surface area contributed by atoms with Crippen LogP contribution < -0.4 is 4.90 Å². The Bertz CT molecular complexity index is 598. The van der Waals surface area contributed by atoms with Crippen LogP contribution in [0.4, 0.5) is 11.4 Å². The molecule has 130 valence electrons. The number of piperidine rings is 1. The van der Waals surface area contributed by atoms with E-state index < -0.39 is 0 Å². The first kappa shape index (κ1) is 16.7. The normalized spacial score (nSPS) is 19.8. The van der Waals surface area contributed by atoms with Crippen LogP contribution in [0.15, 0.2) is 24.3 Å². The minimum absolute atomic E-state index is 0.0688. The van der Waals surface area contributed by atoms with Gasteiger partial charge < -0.3 is 9.64 Å². The molecular formula is C18H24N2O4. The molecule has 1 saturated carbocycles. The Morgan fingerprint density at radius 1 is 1.29 bits per heavy atom. The zero-order valence-corrected chi connectivity index (χ0v) is 14.1. The number of carbonyl (C=O) groups excluding carboxylic acids is 1. The summed E-state index contributed by atoms with van der Waals surface area (Å²) >= 11 is 0. The van der Waals surface area contributed by atoms with E-state index in [0.29, 0.717) is 24.4 Å². The molecule has 24 heavy (non-hydrogen) atoms. The first-order valence-corrected chi connectivity index (χ1v) is 8.66. The third-order valence-electron chi connectivity index (χ3n) is 5.45. The fourth-order valence-electron chi connectivity index (χ4n) is 4.20. The van der Waals surface area contributed by atoms with Gasteiger partial charge >= 0.3 is 5.97 Å². The Balaban J connectivity index is 1.48. The predicted octanol–water partition coefficient (Wildman–Crippen LogP) is 3.54. The van der Waals surface area contributed by atoms with Gasteiger partial charge in [0.15, 0.2) is 0 Å². The molecule has 1 aromatic rings. The van der Waals surface area contributed by atoms with Crippen molar-refractivity contribution in [2.24, 2.45) is 11.3 Å². The molecule has 1 heterocycles. The molecule has 0 bridgehead atoms. The molecule has 0 unspecified atom stereocenters. The number of hydrogen-bond donors (Lipinski definition) is 0. The van der Waals surface area contributed by atoms with Gasteiger partial charge in [-0.3, -0.25) is 14.9 Å². The van der Waals surface area contributed by atoms with Gasteiger partial charge in [-0.05, 0) is 56.1 Å². The molecule has 1 spiro atoms. The largest absolute Gasteiger partial charge is 0.466 e. The van der Waals surface area contributed by atoms with Crippen LogP contribution in [0.5, 0.6) is 0 Å². The first-order chi connectivity index (χ1) is 11.5. The van der Waals surface area contributed by atoms with Crippen molar-refractivity contribution in [3.8, 4) is 0 Å². The average molecular weight is 332 g/mol. The molecule has 0 radical (unpaired) electrons. The highest BCUT2D eigenvalue weighted by Gasteiger charge is 2.46. The van der Waals surface area contributed by atoms with Crippen LogP contribution in [0.2, 0.25) is 0 Å². The lowest BCUT2D eigenvalue weighted by molar-refractivity contribution is -0.384. The van der Waals surface area contributed by atoms with E-state index in [-0.39, 0.29) is 16.6 Å². The monoisotopic (exact) mass is 332 g/mol. The summed E-state index contributed by atoms with van der Waals surface area (Å²) in [4.78, 5) is 24.2. The van der Waals surface area contributed by atoms with Gasteiger partial charge in [0.05, 0.1) is 11.5 Å². The molecule has 0 N–H and O–H groups in total. The summed E-state index contributed by atoms with van der Waals surface area (Å²) in [6, 6.07) is 6.80. The molecule has 3 rings (SSSR count). The fourth-order valence-corrected chi connectivity index (χ4v) is 4.20. The number of nitro benzene ring substituents is 1. The Morgan fingerprint density at radius 2 is 1.92 bits per heavy atom. The standard InChI is InChI=1S/C18H24N2O4/c1-2-24-17(21)11-14-12-18(13-14)7-9-19(10-8-18)15-3-5-16(6-4-15)20(22)23/h3-6,14H,2,7-13H2,1H3. The molecule has 2 aliphatic rings. The third kappa shape index (κ3) is 3.52. The van der Waals surface area contributed by atoms with E-state index in [1.54, 1.807) is 12.1 Å². The maximum Gasteiger partial charge on any atom is 0.306 e. The summed E-state index contributed by atoms with van der Waals surface area (Å²) in [5.41, 5.74) is 1.58. The number of esters is 1. The number of carbonyl (C=O) groups is 1. The van der Waals surface area contributed by atoms with Crippen molar-refractivity contribution >= 4 is 17.3 Å². The van der Waals surface area contributed by atoms with Gasteiger partial charge in [0, 0.05) is 37.3 Å². The minimum Gasteiger partial charge on any atom is -0.466 e. The van der Waals surface area contributed by atoms with Gasteiger partial charge in [0.2, 0.25) is 0 Å². The van der Waals surface area contributed by atoms with Crippen LogP contribution in [0.25, 0.3) is 0 Å². The number of ether oxygens (including phenoxy) is 1. The maximum absolute atomic E-state index is 11.6. The highest BCUT2D eigenvalue weighted by Crippen LogP contribution is 2.54. The van der Waals surface area contributed by atoms with Gasteiger partial charge in [-0.1, -0.05) is 0 Å². The molecule has 6 heteroatoms. The molecule has 0 aromatic heterocycles. The third-order valence-corrected chi connectivity index (χ3v) is 5.45. The van der Waals surface area contributed by atoms with Crippen molar-refractivity contribution in [3.05, 3.63) is 34.4 Å². The minimum atomic E-state index is -0.368. The zero-order valence-electron chi connectivity index (χ0n) is 14.1. The van der Waals surface area contributed by atoms with Crippen LogP contribution in [0.1, 0.15) is 39.0 Å². The van der Waals surface area contributed by atoms with Crippen LogP contribution >= 0.6 is 0 Å². The zero-order chi connectivity index (χ0) is 17.2. The molecule has 1 aliphatic carbocycles. The number of rotatable bonds is 5. The van der Waals surface area contributed by atoms with Crippen molar-refractivity contribution in [1.29, 1.82) is 0 Å². The summed E-state index contributed by atoms with van der Waals surface area (Å²) in [6.45, 7) is 4.25. The topological polar surface area (TPSA) is 72.7 Å². The predicted molar refractivity (Wildman–Crippen MR) is 91.0 cm³/mol. The smallest absolute Gasteiger partial charge is 0.306 e. The van der Waals surface area contributed by atoms with E-state index in [2.05, 4.69) is 4.90 Å². The summed E-state index contributed by atoms with van der Waals surface area (Å²) in [6.07, 6.45) is 5.06. The number of anilines is 1. The second-order valence-corrected chi connectivity index (χ2v) is 7.04. The summed E-state index contributed by atoms with van der Waals surface area (Å²) in [5.74, 6) is 0.413. The van der Waals surface area contributed by atoms with Gasteiger partial charge in [0.25, 0.3) is 5.69 Å². The molecule has 6 nitrogen and oxygen atoms in total. The highest BCUT2D eigenvalue weighted by molar-refractivity contribution is 5.69. The van der Waals surface area contributed by atoms with Crippen LogP contribution in [0.3, 0.4) is 0 Å². The van der Waals surface area contributed by atoms with Gasteiger partial charge in [-0.15, -0.1) is 0 Å². The van der Waals surface area contributed by atoms with Crippen LogP contribution in [-0.4, -0.2) is 30.6 Å². The Labute approximate surface area is 141 Å². The van der Waals surface area contributed by atoms with Crippen molar-refractivity contribution < 1.29 is 14.5 Å². The Kier molecular flexibility index (Phi) is 4.73. The van der Waals surface area contributed by atoms with E-state index in [4.69, 9.17) is 4.74 Å². The number of non-ortho nitro benzene ring substituents is 1. The molecule has 1 aliphatic heterocycles. The number of benzene rings is 1. The van der Waals surface area contributed by atoms with Crippen molar-refractivity contribution in [3.63, 3.8) is 0 Å². The summed E-state index contributed by atoms with van der Waals surface area (Å²) in [5, 5.41) is 10.7. The fraction of sp³-hybridized carbons (Fsp3) is 0.611. The van der Waals surface area contributed by atoms with Gasteiger partial charge in [-0.25, -0.2) is 0 Å². The second-order valence-electron chi connectivity index (χ2n) is 7.04. The van der Waals surface area contributed by atoms with Crippen LogP contribution in [0, 0.1) is 21.4 Å². The molecular weight excluding hydrogens is 308 g/mol. The van der Waals surface area contributed by atoms with E-state index >= 15 is 0 Å². The molecule has 1 aromatic carbocycles. The Hall–Kier alpha value is -2.11.